The summed E-state index contributed by atoms with van der Waals surface area (Å²) in [6.45, 7) is 9.85. The van der Waals surface area contributed by atoms with Crippen molar-refractivity contribution >= 4 is 11.9 Å². The van der Waals surface area contributed by atoms with Gasteiger partial charge in [-0.1, -0.05) is 33.8 Å². The molecule has 0 saturated heterocycles. The van der Waals surface area contributed by atoms with Crippen LogP contribution in [0.1, 0.15) is 47.5 Å². The molecule has 1 aliphatic heterocycles. The van der Waals surface area contributed by atoms with E-state index in [0.717, 1.165) is 12.0 Å². The minimum atomic E-state index is -0.246. The molecule has 0 saturated carbocycles. The van der Waals surface area contributed by atoms with Crippen molar-refractivity contribution in [2.24, 2.45) is 17.3 Å². The van der Waals surface area contributed by atoms with Gasteiger partial charge in [0.15, 0.2) is 0 Å². The molecule has 0 spiro atoms. The molecule has 4 nitrogen and oxygen atoms in total. The fraction of sp³-hybridized carbons (Fsp3) is 0.579. The fourth-order valence-electron chi connectivity index (χ4n) is 3.67. The van der Waals surface area contributed by atoms with E-state index in [1.54, 1.807) is 0 Å². The van der Waals surface area contributed by atoms with E-state index >= 15 is 0 Å². The first-order valence-corrected chi connectivity index (χ1v) is 8.29. The molecule has 0 N–H and O–H groups in total. The molecule has 0 aromatic heterocycles. The maximum Gasteiger partial charge on any atom is 0.339 e. The van der Waals surface area contributed by atoms with Gasteiger partial charge >= 0.3 is 11.9 Å². The Kier molecular flexibility index (Phi) is 3.74. The van der Waals surface area contributed by atoms with Crippen molar-refractivity contribution in [3.63, 3.8) is 0 Å². The molecular formula is C19H24O4. The molecule has 3 rings (SSSR count). The van der Waals surface area contributed by atoms with Crippen molar-refractivity contribution in [1.82, 2.24) is 0 Å². The number of esters is 2. The maximum atomic E-state index is 12.0. The SMILES string of the molecule is CC1=C2C[C@@]3(C)C(=CC[C@H](OC(=O)C(C)C)[C@@H]3C)C=C2OC1=O. The number of allylic oxidation sites excluding steroid dienone is 3. The summed E-state index contributed by atoms with van der Waals surface area (Å²) in [4.78, 5) is 23.8. The van der Waals surface area contributed by atoms with Gasteiger partial charge in [-0.3, -0.25) is 4.79 Å². The summed E-state index contributed by atoms with van der Waals surface area (Å²) in [5.41, 5.74) is 2.74. The van der Waals surface area contributed by atoms with Crippen LogP contribution in [0, 0.1) is 17.3 Å². The highest BCUT2D eigenvalue weighted by Gasteiger charge is 2.48. The Hall–Kier alpha value is -1.84. The van der Waals surface area contributed by atoms with Gasteiger partial charge in [-0.15, -0.1) is 0 Å². The Balaban J connectivity index is 1.92. The fourth-order valence-corrected chi connectivity index (χ4v) is 3.67. The normalized spacial score (nSPS) is 32.9. The van der Waals surface area contributed by atoms with Gasteiger partial charge < -0.3 is 9.47 Å². The van der Waals surface area contributed by atoms with E-state index < -0.39 is 0 Å². The smallest absolute Gasteiger partial charge is 0.339 e. The first-order valence-electron chi connectivity index (χ1n) is 8.29. The molecule has 0 fully saturated rings. The third kappa shape index (κ3) is 2.44. The number of hydrogen-bond donors (Lipinski definition) is 0. The van der Waals surface area contributed by atoms with E-state index in [0.29, 0.717) is 17.8 Å². The van der Waals surface area contributed by atoms with Crippen molar-refractivity contribution in [3.8, 4) is 0 Å². The van der Waals surface area contributed by atoms with Crippen LogP contribution in [0.25, 0.3) is 0 Å². The van der Waals surface area contributed by atoms with Crippen molar-refractivity contribution < 1.29 is 19.1 Å². The van der Waals surface area contributed by atoms with Gasteiger partial charge in [-0.25, -0.2) is 4.79 Å². The van der Waals surface area contributed by atoms with Crippen LogP contribution in [0.4, 0.5) is 0 Å². The quantitative estimate of drug-likeness (QED) is 0.729. The Bertz CT molecular complexity index is 665. The number of ether oxygens (including phenoxy) is 2. The standard InChI is InChI=1S/C19H24O4/c1-10(2)17(20)22-15-7-6-13-8-16-14(11(3)18(21)23-16)9-19(13,5)12(15)4/h6,8,10,12,15H,7,9H2,1-5H3/t12-,15-,19+/m0/s1. The number of carbonyl (C=O) groups is 2. The second-order valence-corrected chi connectivity index (χ2v) is 7.41. The Morgan fingerprint density at radius 1 is 1.43 bits per heavy atom. The summed E-state index contributed by atoms with van der Waals surface area (Å²) in [7, 11) is 0. The molecule has 3 atom stereocenters. The van der Waals surface area contributed by atoms with Crippen molar-refractivity contribution in [2.45, 2.75) is 53.6 Å². The molecule has 23 heavy (non-hydrogen) atoms. The molecule has 0 amide bonds. The Morgan fingerprint density at radius 3 is 2.78 bits per heavy atom. The van der Waals surface area contributed by atoms with E-state index in [9.17, 15) is 9.59 Å². The highest BCUT2D eigenvalue weighted by Crippen LogP contribution is 2.53. The van der Waals surface area contributed by atoms with E-state index in [4.69, 9.17) is 9.47 Å². The first-order chi connectivity index (χ1) is 10.7. The maximum absolute atomic E-state index is 12.0. The van der Waals surface area contributed by atoms with Crippen LogP contribution < -0.4 is 0 Å². The average molecular weight is 316 g/mol. The molecular weight excluding hydrogens is 292 g/mol. The zero-order chi connectivity index (χ0) is 16.9. The summed E-state index contributed by atoms with van der Waals surface area (Å²) >= 11 is 0. The third-order valence-corrected chi connectivity index (χ3v) is 5.62. The lowest BCUT2D eigenvalue weighted by Crippen LogP contribution is -2.42. The Morgan fingerprint density at radius 2 is 2.13 bits per heavy atom. The molecule has 2 aliphatic carbocycles. The minimum Gasteiger partial charge on any atom is -0.462 e. The topological polar surface area (TPSA) is 52.6 Å². The predicted octanol–water partition coefficient (Wildman–Crippen LogP) is 3.69. The van der Waals surface area contributed by atoms with E-state index in [2.05, 4.69) is 19.9 Å². The van der Waals surface area contributed by atoms with Crippen LogP contribution in [0.5, 0.6) is 0 Å². The molecule has 1 heterocycles. The largest absolute Gasteiger partial charge is 0.462 e. The molecule has 3 aliphatic rings. The van der Waals surface area contributed by atoms with Gasteiger partial charge in [0, 0.05) is 28.9 Å². The summed E-state index contributed by atoms with van der Waals surface area (Å²) in [5, 5.41) is 0. The van der Waals surface area contributed by atoms with Crippen LogP contribution in [0.15, 0.2) is 34.6 Å². The van der Waals surface area contributed by atoms with Crippen LogP contribution >= 0.6 is 0 Å². The molecule has 0 aromatic carbocycles. The van der Waals surface area contributed by atoms with Crippen LogP contribution in [0.2, 0.25) is 0 Å². The monoisotopic (exact) mass is 316 g/mol. The first kappa shape index (κ1) is 16.0. The van der Waals surface area contributed by atoms with Crippen molar-refractivity contribution in [1.29, 1.82) is 0 Å². The highest BCUT2D eigenvalue weighted by molar-refractivity contribution is 5.94. The zero-order valence-corrected chi connectivity index (χ0v) is 14.4. The minimum absolute atomic E-state index is 0.118. The van der Waals surface area contributed by atoms with E-state index in [1.165, 1.54) is 5.57 Å². The van der Waals surface area contributed by atoms with Gasteiger partial charge in [-0.05, 0) is 25.0 Å². The number of rotatable bonds is 2. The van der Waals surface area contributed by atoms with Gasteiger partial charge in [0.25, 0.3) is 0 Å². The summed E-state index contributed by atoms with van der Waals surface area (Å²) < 4.78 is 11.1. The van der Waals surface area contributed by atoms with Crippen LogP contribution in [-0.2, 0) is 19.1 Å². The molecule has 0 aromatic rings. The molecule has 0 radical (unpaired) electrons. The van der Waals surface area contributed by atoms with Gasteiger partial charge in [0.2, 0.25) is 0 Å². The van der Waals surface area contributed by atoms with Crippen molar-refractivity contribution in [2.75, 3.05) is 0 Å². The lowest BCUT2D eigenvalue weighted by Gasteiger charge is -2.46. The van der Waals surface area contributed by atoms with E-state index in [1.807, 2.05) is 26.8 Å². The lowest BCUT2D eigenvalue weighted by molar-refractivity contribution is -0.157. The third-order valence-electron chi connectivity index (χ3n) is 5.62. The van der Waals surface area contributed by atoms with Gasteiger partial charge in [-0.2, -0.15) is 0 Å². The average Bonchev–Trinajstić information content (AvgIpc) is 2.76. The molecule has 124 valence electrons. The predicted molar refractivity (Wildman–Crippen MR) is 86.2 cm³/mol. The summed E-state index contributed by atoms with van der Waals surface area (Å²) in [5.74, 6) is 0.359. The van der Waals surface area contributed by atoms with E-state index in [-0.39, 0.29) is 35.3 Å². The highest BCUT2D eigenvalue weighted by atomic mass is 16.5. The second kappa shape index (κ2) is 5.36. The number of fused-ring (bicyclic) bond motifs is 2. The zero-order valence-electron chi connectivity index (χ0n) is 14.4. The number of carbonyl (C=O) groups excluding carboxylic acids is 2. The summed E-state index contributed by atoms with van der Waals surface area (Å²) in [6, 6.07) is 0. The molecule has 0 unspecified atom stereocenters. The van der Waals surface area contributed by atoms with Gasteiger partial charge in [0.05, 0.1) is 5.92 Å². The van der Waals surface area contributed by atoms with Gasteiger partial charge in [0.1, 0.15) is 11.9 Å². The van der Waals surface area contributed by atoms with Crippen LogP contribution in [0.3, 0.4) is 0 Å². The van der Waals surface area contributed by atoms with Crippen molar-refractivity contribution in [3.05, 3.63) is 34.6 Å². The van der Waals surface area contributed by atoms with Crippen LogP contribution in [-0.4, -0.2) is 18.0 Å². The summed E-state index contributed by atoms with van der Waals surface area (Å²) in [6.07, 6.45) is 5.46. The Labute approximate surface area is 137 Å². The number of hydrogen-bond acceptors (Lipinski definition) is 4. The second-order valence-electron chi connectivity index (χ2n) is 7.41. The molecule has 4 heteroatoms. The molecule has 0 bridgehead atoms. The lowest BCUT2D eigenvalue weighted by atomic mass is 9.60.